The summed E-state index contributed by atoms with van der Waals surface area (Å²) in [6.45, 7) is 8.72. The van der Waals surface area contributed by atoms with Gasteiger partial charge >= 0.3 is 0 Å². The van der Waals surface area contributed by atoms with Crippen LogP contribution in [0.4, 0.5) is 0 Å². The number of nitrogens with zero attached hydrogens (tertiary/aromatic N) is 2. The maximum Gasteiger partial charge on any atom is 0.222 e. The number of benzene rings is 1. The van der Waals surface area contributed by atoms with Crippen molar-refractivity contribution in [2.75, 3.05) is 26.7 Å². The number of carbonyl (C=O) groups excluding carboxylic acids is 1. The van der Waals surface area contributed by atoms with Gasteiger partial charge in [-0.3, -0.25) is 9.79 Å². The molecule has 0 radical (unpaired) electrons. The Morgan fingerprint density at radius 1 is 1.25 bits per heavy atom. The largest absolute Gasteiger partial charge is 0.356 e. The molecule has 0 aliphatic carbocycles. The summed E-state index contributed by atoms with van der Waals surface area (Å²) in [6.07, 6.45) is 3.57. The monoisotopic (exact) mass is 520 g/mol. The van der Waals surface area contributed by atoms with Crippen molar-refractivity contribution in [2.24, 2.45) is 4.99 Å². The van der Waals surface area contributed by atoms with Crippen molar-refractivity contribution in [3.05, 3.63) is 34.9 Å². The zero-order chi connectivity index (χ0) is 19.9. The second-order valence-corrected chi connectivity index (χ2v) is 7.68. The smallest absolute Gasteiger partial charge is 0.222 e. The first-order valence-corrected chi connectivity index (χ1v) is 10.4. The molecule has 7 heteroatoms. The van der Waals surface area contributed by atoms with E-state index in [-0.39, 0.29) is 41.3 Å². The molecule has 2 N–H and O–H groups in total. The molecule has 1 atom stereocenters. The summed E-state index contributed by atoms with van der Waals surface area (Å²) in [7, 11) is 1.79. The zero-order valence-corrected chi connectivity index (χ0v) is 20.5. The van der Waals surface area contributed by atoms with Crippen LogP contribution in [-0.4, -0.2) is 49.5 Å². The highest BCUT2D eigenvalue weighted by atomic mass is 127. The van der Waals surface area contributed by atoms with Gasteiger partial charge in [0.15, 0.2) is 5.96 Å². The van der Waals surface area contributed by atoms with E-state index in [1.54, 1.807) is 7.05 Å². The van der Waals surface area contributed by atoms with Gasteiger partial charge in [-0.15, -0.1) is 24.0 Å². The third-order valence-corrected chi connectivity index (χ3v) is 6.06. The summed E-state index contributed by atoms with van der Waals surface area (Å²) in [4.78, 5) is 18.2. The Balaban J connectivity index is 0.00000392. The second-order valence-electron chi connectivity index (χ2n) is 7.24. The Morgan fingerprint density at radius 3 is 2.43 bits per heavy atom. The molecule has 5 nitrogen and oxygen atoms in total. The first-order valence-electron chi connectivity index (χ1n) is 9.99. The van der Waals surface area contributed by atoms with E-state index in [0.29, 0.717) is 6.42 Å². The Bertz CT molecular complexity index is 646. The van der Waals surface area contributed by atoms with Crippen molar-refractivity contribution < 1.29 is 4.79 Å². The lowest BCUT2D eigenvalue weighted by atomic mass is 9.76. The van der Waals surface area contributed by atoms with E-state index in [1.165, 1.54) is 5.56 Å². The van der Waals surface area contributed by atoms with Crippen molar-refractivity contribution in [1.82, 2.24) is 15.5 Å². The number of nitrogens with one attached hydrogen (secondary N) is 2. The standard InChI is InChI=1S/C21H33ClN4O.HI/c1-5-19(27)26-13-12-18(14-26)25-20(23-4)24-15-21(6-2,7-3)16-8-10-17(22)11-9-16;/h8-11,18H,5-7,12-15H2,1-4H3,(H2,23,24,25);1H. The summed E-state index contributed by atoms with van der Waals surface area (Å²) in [5.41, 5.74) is 1.32. The van der Waals surface area contributed by atoms with Gasteiger partial charge in [0.1, 0.15) is 0 Å². The fourth-order valence-electron chi connectivity index (χ4n) is 3.78. The minimum absolute atomic E-state index is 0. The fourth-order valence-corrected chi connectivity index (χ4v) is 3.91. The molecule has 2 rings (SSSR count). The van der Waals surface area contributed by atoms with Crippen LogP contribution in [0.25, 0.3) is 0 Å². The molecule has 1 unspecified atom stereocenters. The minimum Gasteiger partial charge on any atom is -0.356 e. The lowest BCUT2D eigenvalue weighted by molar-refractivity contribution is -0.129. The van der Waals surface area contributed by atoms with E-state index in [1.807, 2.05) is 24.0 Å². The predicted molar refractivity (Wildman–Crippen MR) is 129 cm³/mol. The molecule has 1 aromatic carbocycles. The van der Waals surface area contributed by atoms with Gasteiger partial charge in [0.05, 0.1) is 0 Å². The normalized spacial score (nSPS) is 17.2. The third-order valence-electron chi connectivity index (χ3n) is 5.81. The quantitative estimate of drug-likeness (QED) is 0.322. The van der Waals surface area contributed by atoms with E-state index >= 15 is 0 Å². The van der Waals surface area contributed by atoms with Crippen LogP contribution in [0, 0.1) is 0 Å². The number of halogens is 2. The summed E-state index contributed by atoms with van der Waals surface area (Å²) in [6, 6.07) is 8.42. The Hall–Kier alpha value is -1.02. The van der Waals surface area contributed by atoms with Crippen LogP contribution in [0.2, 0.25) is 5.02 Å². The Labute approximate surface area is 191 Å². The first kappa shape index (κ1) is 25.0. The number of guanidine groups is 1. The Kier molecular flexibility index (Phi) is 10.6. The van der Waals surface area contributed by atoms with Crippen molar-refractivity contribution in [1.29, 1.82) is 0 Å². The van der Waals surface area contributed by atoms with Crippen LogP contribution >= 0.6 is 35.6 Å². The SMILES string of the molecule is CCC(=O)N1CCC(NC(=NC)NCC(CC)(CC)c2ccc(Cl)cc2)C1.I. The highest BCUT2D eigenvalue weighted by molar-refractivity contribution is 14.0. The van der Waals surface area contributed by atoms with E-state index in [4.69, 9.17) is 11.6 Å². The maximum atomic E-state index is 11.9. The third kappa shape index (κ3) is 6.24. The average molecular weight is 521 g/mol. The zero-order valence-electron chi connectivity index (χ0n) is 17.4. The van der Waals surface area contributed by atoms with Crippen molar-refractivity contribution >= 4 is 47.4 Å². The van der Waals surface area contributed by atoms with Gasteiger partial charge in [-0.25, -0.2) is 0 Å². The van der Waals surface area contributed by atoms with Gasteiger partial charge in [-0.2, -0.15) is 0 Å². The summed E-state index contributed by atoms with van der Waals surface area (Å²) < 4.78 is 0. The number of rotatable bonds is 7. The summed E-state index contributed by atoms with van der Waals surface area (Å²) >= 11 is 6.07. The number of hydrogen-bond acceptors (Lipinski definition) is 2. The molecule has 1 aliphatic rings. The van der Waals surface area contributed by atoms with Crippen molar-refractivity contribution in [3.63, 3.8) is 0 Å². The average Bonchev–Trinajstić information content (AvgIpc) is 3.17. The van der Waals surface area contributed by atoms with Crippen LogP contribution < -0.4 is 10.6 Å². The molecular formula is C21H34ClIN4O. The lowest BCUT2D eigenvalue weighted by Crippen LogP contribution is -2.49. The Morgan fingerprint density at radius 2 is 1.89 bits per heavy atom. The predicted octanol–water partition coefficient (Wildman–Crippen LogP) is 4.19. The molecule has 1 aliphatic heterocycles. The van der Waals surface area contributed by atoms with E-state index in [2.05, 4.69) is 41.6 Å². The molecule has 158 valence electrons. The second kappa shape index (κ2) is 11.9. The summed E-state index contributed by atoms with van der Waals surface area (Å²) in [5, 5.41) is 7.75. The molecule has 0 spiro atoms. The highest BCUT2D eigenvalue weighted by Gasteiger charge is 2.30. The van der Waals surface area contributed by atoms with Crippen molar-refractivity contribution in [2.45, 2.75) is 57.9 Å². The molecule has 1 aromatic rings. The van der Waals surface area contributed by atoms with Crippen LogP contribution in [0.1, 0.15) is 52.0 Å². The molecule has 1 heterocycles. The lowest BCUT2D eigenvalue weighted by Gasteiger charge is -2.33. The molecule has 1 fully saturated rings. The van der Waals surface area contributed by atoms with Gasteiger partial charge in [-0.05, 0) is 37.0 Å². The van der Waals surface area contributed by atoms with E-state index in [9.17, 15) is 4.79 Å². The van der Waals surface area contributed by atoms with Crippen LogP contribution in [0.15, 0.2) is 29.3 Å². The fraction of sp³-hybridized carbons (Fsp3) is 0.619. The van der Waals surface area contributed by atoms with Gasteiger partial charge in [0.2, 0.25) is 5.91 Å². The number of likely N-dealkylation sites (tertiary alicyclic amines) is 1. The number of amides is 1. The number of aliphatic imine (C=N–C) groups is 1. The highest BCUT2D eigenvalue weighted by Crippen LogP contribution is 2.31. The minimum atomic E-state index is 0. The van der Waals surface area contributed by atoms with Gasteiger partial charge in [0.25, 0.3) is 0 Å². The molecule has 0 saturated carbocycles. The van der Waals surface area contributed by atoms with Crippen LogP contribution in [0.5, 0.6) is 0 Å². The van der Waals surface area contributed by atoms with E-state index < -0.39 is 0 Å². The molecular weight excluding hydrogens is 487 g/mol. The van der Waals surface area contributed by atoms with Gasteiger partial charge in [0, 0.05) is 49.6 Å². The van der Waals surface area contributed by atoms with E-state index in [0.717, 1.165) is 49.9 Å². The van der Waals surface area contributed by atoms with Crippen molar-refractivity contribution in [3.8, 4) is 0 Å². The number of carbonyl (C=O) groups is 1. The molecule has 1 amide bonds. The topological polar surface area (TPSA) is 56.7 Å². The van der Waals surface area contributed by atoms with Crippen LogP contribution in [-0.2, 0) is 10.2 Å². The van der Waals surface area contributed by atoms with Gasteiger partial charge in [-0.1, -0.05) is 44.5 Å². The molecule has 28 heavy (non-hydrogen) atoms. The summed E-state index contributed by atoms with van der Waals surface area (Å²) in [5.74, 6) is 1.02. The maximum absolute atomic E-state index is 11.9. The number of hydrogen-bond donors (Lipinski definition) is 2. The van der Waals surface area contributed by atoms with Crippen LogP contribution in [0.3, 0.4) is 0 Å². The first-order chi connectivity index (χ1) is 13.0. The van der Waals surface area contributed by atoms with Gasteiger partial charge < -0.3 is 15.5 Å². The molecule has 0 aromatic heterocycles. The molecule has 0 bridgehead atoms. The molecule has 1 saturated heterocycles.